The fourth-order valence-corrected chi connectivity index (χ4v) is 2.29. The summed E-state index contributed by atoms with van der Waals surface area (Å²) in [6.07, 6.45) is 5.57. The lowest BCUT2D eigenvalue weighted by Crippen LogP contribution is -2.38. The highest BCUT2D eigenvalue weighted by Gasteiger charge is 2.43. The summed E-state index contributed by atoms with van der Waals surface area (Å²) in [5, 5.41) is 0. The molecule has 1 aliphatic heterocycles. The summed E-state index contributed by atoms with van der Waals surface area (Å²) in [6, 6.07) is 0. The summed E-state index contributed by atoms with van der Waals surface area (Å²) in [6.45, 7) is 4.82. The lowest BCUT2D eigenvalue weighted by molar-refractivity contribution is -0.449. The van der Waals surface area contributed by atoms with E-state index in [1.54, 1.807) is 0 Å². The number of hydrogen-bond donors (Lipinski definition) is 0. The number of alkyl halides is 1. The first-order chi connectivity index (χ1) is 7.04. The van der Waals surface area contributed by atoms with E-state index in [4.69, 9.17) is 14.5 Å². The maximum Gasteiger partial charge on any atom is 0.201 e. The van der Waals surface area contributed by atoms with Crippen LogP contribution in [0.4, 0.5) is 0 Å². The highest BCUT2D eigenvalue weighted by atomic mass is 127. The summed E-state index contributed by atoms with van der Waals surface area (Å²) >= 11 is 2.37. The zero-order valence-electron chi connectivity index (χ0n) is 9.42. The first kappa shape index (κ1) is 12.1. The second-order valence-electron chi connectivity index (χ2n) is 5.02. The number of ether oxygens (including phenoxy) is 1. The Morgan fingerprint density at radius 2 is 1.73 bits per heavy atom. The van der Waals surface area contributed by atoms with Gasteiger partial charge in [-0.3, -0.25) is 0 Å². The topological polar surface area (TPSA) is 27.7 Å². The molecule has 1 heterocycles. The van der Waals surface area contributed by atoms with Crippen LogP contribution in [-0.4, -0.2) is 21.9 Å². The molecule has 0 aromatic carbocycles. The lowest BCUT2D eigenvalue weighted by Gasteiger charge is -2.34. The minimum Gasteiger partial charge on any atom is -0.346 e. The Morgan fingerprint density at radius 3 is 2.40 bits per heavy atom. The fourth-order valence-electron chi connectivity index (χ4n) is 2.00. The van der Waals surface area contributed by atoms with E-state index in [0.29, 0.717) is 10.5 Å². The van der Waals surface area contributed by atoms with Gasteiger partial charge in [0, 0.05) is 12.8 Å². The van der Waals surface area contributed by atoms with Crippen molar-refractivity contribution in [1.29, 1.82) is 0 Å². The van der Waals surface area contributed by atoms with Gasteiger partial charge in [0.05, 0.1) is 10.5 Å². The first-order valence-electron chi connectivity index (χ1n) is 5.69. The highest BCUT2D eigenvalue weighted by Crippen LogP contribution is 2.38. The Hall–Kier alpha value is 0.610. The molecule has 88 valence electrons. The highest BCUT2D eigenvalue weighted by molar-refractivity contribution is 14.1. The third kappa shape index (κ3) is 2.65. The molecule has 0 N–H and O–H groups in total. The second kappa shape index (κ2) is 4.47. The van der Waals surface area contributed by atoms with E-state index in [1.807, 2.05) is 0 Å². The first-order valence-corrected chi connectivity index (χ1v) is 6.94. The number of halogens is 1. The predicted molar refractivity (Wildman–Crippen MR) is 65.8 cm³/mol. The molecule has 0 amide bonds. The molecule has 2 aliphatic rings. The van der Waals surface area contributed by atoms with Crippen molar-refractivity contribution in [2.24, 2.45) is 0 Å². The van der Waals surface area contributed by atoms with Crippen LogP contribution >= 0.6 is 22.6 Å². The molecule has 0 radical (unpaired) electrons. The average molecular weight is 326 g/mol. The molecule has 1 saturated carbocycles. The van der Waals surface area contributed by atoms with Crippen LogP contribution in [0.2, 0.25) is 0 Å². The molecule has 0 bridgehead atoms. The van der Waals surface area contributed by atoms with Crippen molar-refractivity contribution in [2.75, 3.05) is 6.61 Å². The van der Waals surface area contributed by atoms with E-state index in [0.717, 1.165) is 12.8 Å². The van der Waals surface area contributed by atoms with Crippen LogP contribution in [0.5, 0.6) is 0 Å². The van der Waals surface area contributed by atoms with Crippen LogP contribution in [0.1, 0.15) is 46.0 Å². The van der Waals surface area contributed by atoms with Crippen LogP contribution in [-0.2, 0) is 14.5 Å². The van der Waals surface area contributed by atoms with Crippen LogP contribution in [0, 0.1) is 0 Å². The normalized spacial score (nSPS) is 35.0. The van der Waals surface area contributed by atoms with E-state index in [-0.39, 0.29) is 5.60 Å². The SMILES string of the molecule is CC1(C)OOC2(CCCCC2)OCC1I. The molecular formula is C11H19IO3. The molecule has 1 saturated heterocycles. The van der Waals surface area contributed by atoms with E-state index >= 15 is 0 Å². The van der Waals surface area contributed by atoms with Gasteiger partial charge in [-0.2, -0.15) is 0 Å². The maximum absolute atomic E-state index is 5.92. The Balaban J connectivity index is 2.05. The fraction of sp³-hybridized carbons (Fsp3) is 1.00. The Kier molecular flexibility index (Phi) is 3.60. The van der Waals surface area contributed by atoms with Crippen molar-refractivity contribution in [3.8, 4) is 0 Å². The maximum atomic E-state index is 5.92. The smallest absolute Gasteiger partial charge is 0.201 e. The van der Waals surface area contributed by atoms with Crippen molar-refractivity contribution in [3.63, 3.8) is 0 Å². The van der Waals surface area contributed by atoms with Crippen molar-refractivity contribution < 1.29 is 14.5 Å². The van der Waals surface area contributed by atoms with Gasteiger partial charge in [-0.1, -0.05) is 29.0 Å². The standard InChI is InChI=1S/C11H19IO3/c1-10(2)9(12)8-13-11(15-14-10)6-4-3-5-7-11/h9H,3-8H2,1-2H3. The Labute approximate surface area is 105 Å². The van der Waals surface area contributed by atoms with Gasteiger partial charge in [0.1, 0.15) is 5.60 Å². The third-order valence-corrected chi connectivity index (χ3v) is 5.13. The molecule has 2 fully saturated rings. The summed E-state index contributed by atoms with van der Waals surface area (Å²) in [5.74, 6) is -0.449. The lowest BCUT2D eigenvalue weighted by atomic mass is 9.94. The molecule has 1 aliphatic carbocycles. The molecule has 0 aromatic rings. The number of hydrogen-bond acceptors (Lipinski definition) is 3. The van der Waals surface area contributed by atoms with Crippen molar-refractivity contribution in [2.45, 2.75) is 61.3 Å². The summed E-state index contributed by atoms with van der Waals surface area (Å²) < 4.78 is 6.25. The minimum atomic E-state index is -0.449. The van der Waals surface area contributed by atoms with Gasteiger partial charge in [0.15, 0.2) is 0 Å². The molecule has 4 heteroatoms. The monoisotopic (exact) mass is 326 g/mol. The average Bonchev–Trinajstić information content (AvgIpc) is 2.33. The largest absolute Gasteiger partial charge is 0.346 e. The molecule has 0 aromatic heterocycles. The number of rotatable bonds is 0. The molecular weight excluding hydrogens is 307 g/mol. The van der Waals surface area contributed by atoms with Gasteiger partial charge in [-0.25, -0.2) is 9.78 Å². The van der Waals surface area contributed by atoms with E-state index in [1.165, 1.54) is 19.3 Å². The van der Waals surface area contributed by atoms with Gasteiger partial charge in [-0.15, -0.1) is 0 Å². The van der Waals surface area contributed by atoms with Gasteiger partial charge >= 0.3 is 0 Å². The van der Waals surface area contributed by atoms with Crippen molar-refractivity contribution >= 4 is 22.6 Å². The molecule has 15 heavy (non-hydrogen) atoms. The quantitative estimate of drug-likeness (QED) is 0.389. The zero-order valence-corrected chi connectivity index (χ0v) is 11.6. The van der Waals surface area contributed by atoms with Gasteiger partial charge in [0.2, 0.25) is 5.79 Å². The molecule has 1 atom stereocenters. The van der Waals surface area contributed by atoms with Crippen molar-refractivity contribution in [1.82, 2.24) is 0 Å². The van der Waals surface area contributed by atoms with Crippen LogP contribution in [0.25, 0.3) is 0 Å². The zero-order chi connectivity index (χ0) is 10.9. The summed E-state index contributed by atoms with van der Waals surface area (Å²) in [4.78, 5) is 11.2. The van der Waals surface area contributed by atoms with E-state index < -0.39 is 5.79 Å². The molecule has 1 unspecified atom stereocenters. The van der Waals surface area contributed by atoms with Crippen molar-refractivity contribution in [3.05, 3.63) is 0 Å². The van der Waals surface area contributed by atoms with Crippen LogP contribution in [0.3, 0.4) is 0 Å². The summed E-state index contributed by atoms with van der Waals surface area (Å²) in [7, 11) is 0. The summed E-state index contributed by atoms with van der Waals surface area (Å²) in [5.41, 5.74) is -0.262. The molecule has 3 nitrogen and oxygen atoms in total. The Morgan fingerprint density at radius 1 is 1.07 bits per heavy atom. The van der Waals surface area contributed by atoms with Gasteiger partial charge in [0.25, 0.3) is 0 Å². The minimum absolute atomic E-state index is 0.262. The van der Waals surface area contributed by atoms with Gasteiger partial charge in [-0.05, 0) is 26.7 Å². The molecule has 1 spiro atoms. The third-order valence-electron chi connectivity index (χ3n) is 3.27. The second-order valence-corrected chi connectivity index (χ2v) is 6.52. The van der Waals surface area contributed by atoms with E-state index in [2.05, 4.69) is 36.4 Å². The van der Waals surface area contributed by atoms with Crippen LogP contribution in [0.15, 0.2) is 0 Å². The predicted octanol–water partition coefficient (Wildman–Crippen LogP) is 3.21. The van der Waals surface area contributed by atoms with Gasteiger partial charge < -0.3 is 4.74 Å². The van der Waals surface area contributed by atoms with E-state index in [9.17, 15) is 0 Å². The van der Waals surface area contributed by atoms with Crippen LogP contribution < -0.4 is 0 Å². The Bertz CT molecular complexity index is 224. The molecule has 2 rings (SSSR count).